The zero-order valence-corrected chi connectivity index (χ0v) is 12.7. The third kappa shape index (κ3) is 3.64. The number of hydrogen-bond donors (Lipinski definition) is 1. The Kier molecular flexibility index (Phi) is 4.62. The van der Waals surface area contributed by atoms with Gasteiger partial charge in [0.25, 0.3) is 0 Å². The molecule has 0 aliphatic carbocycles. The fourth-order valence-corrected chi connectivity index (χ4v) is 2.11. The van der Waals surface area contributed by atoms with Gasteiger partial charge in [-0.05, 0) is 30.7 Å². The molecule has 0 saturated carbocycles. The van der Waals surface area contributed by atoms with Gasteiger partial charge in [0, 0.05) is 6.42 Å². The topological polar surface area (TPSA) is 103 Å². The number of rotatable bonds is 2. The minimum absolute atomic E-state index is 0.0332. The Morgan fingerprint density at radius 1 is 0.958 bits per heavy atom. The number of ether oxygens (including phenoxy) is 2. The van der Waals surface area contributed by atoms with E-state index in [1.165, 1.54) is 6.07 Å². The highest BCUT2D eigenvalue weighted by Crippen LogP contribution is 2.39. The van der Waals surface area contributed by atoms with Crippen LogP contribution >= 0.6 is 0 Å². The van der Waals surface area contributed by atoms with Crippen LogP contribution in [0.5, 0.6) is 11.5 Å². The Balaban J connectivity index is 1.98. The zero-order chi connectivity index (χ0) is 16.9. The third-order valence-corrected chi connectivity index (χ3v) is 3.38. The summed E-state index contributed by atoms with van der Waals surface area (Å²) in [6.45, 7) is 0. The maximum Gasteiger partial charge on any atom is 0.328 e. The SMILES string of the molecule is N[C@@H]1CCC(=O)Oc2cccc(N=Nc3ccccc3)c2OC1=O. The highest BCUT2D eigenvalue weighted by atomic mass is 16.6. The molecule has 1 heterocycles. The van der Waals surface area contributed by atoms with Crippen molar-refractivity contribution >= 4 is 23.3 Å². The van der Waals surface area contributed by atoms with E-state index in [0.717, 1.165) is 0 Å². The molecule has 2 aromatic carbocycles. The van der Waals surface area contributed by atoms with Crippen LogP contribution in [0, 0.1) is 0 Å². The first-order valence-corrected chi connectivity index (χ1v) is 7.41. The molecule has 2 N–H and O–H groups in total. The van der Waals surface area contributed by atoms with E-state index >= 15 is 0 Å². The van der Waals surface area contributed by atoms with Crippen LogP contribution in [0.4, 0.5) is 11.4 Å². The summed E-state index contributed by atoms with van der Waals surface area (Å²) in [6, 6.07) is 13.0. The van der Waals surface area contributed by atoms with E-state index in [2.05, 4.69) is 10.2 Å². The fourth-order valence-electron chi connectivity index (χ4n) is 2.11. The second-order valence-corrected chi connectivity index (χ2v) is 5.18. The molecule has 3 rings (SSSR count). The maximum absolute atomic E-state index is 12.0. The molecule has 0 radical (unpaired) electrons. The van der Waals surface area contributed by atoms with Crippen LogP contribution in [0.1, 0.15) is 12.8 Å². The Labute approximate surface area is 138 Å². The summed E-state index contributed by atoms with van der Waals surface area (Å²) in [7, 11) is 0. The van der Waals surface area contributed by atoms with E-state index in [0.29, 0.717) is 5.69 Å². The van der Waals surface area contributed by atoms with Crippen molar-refractivity contribution in [1.82, 2.24) is 0 Å². The van der Waals surface area contributed by atoms with E-state index in [9.17, 15) is 9.59 Å². The summed E-state index contributed by atoms with van der Waals surface area (Å²) in [5.74, 6) is -0.973. The number of fused-ring (bicyclic) bond motifs is 1. The monoisotopic (exact) mass is 325 g/mol. The first-order chi connectivity index (χ1) is 11.6. The van der Waals surface area contributed by atoms with Crippen LogP contribution in [0.3, 0.4) is 0 Å². The van der Waals surface area contributed by atoms with Gasteiger partial charge in [-0.1, -0.05) is 24.3 Å². The number of azo groups is 1. The van der Waals surface area contributed by atoms with Crippen molar-refractivity contribution in [1.29, 1.82) is 0 Å². The van der Waals surface area contributed by atoms with Gasteiger partial charge in [0.15, 0.2) is 5.75 Å². The number of carbonyl (C=O) groups excluding carboxylic acids is 2. The highest BCUT2D eigenvalue weighted by Gasteiger charge is 2.25. The van der Waals surface area contributed by atoms with Crippen LogP contribution in [-0.2, 0) is 9.59 Å². The van der Waals surface area contributed by atoms with Gasteiger partial charge in [-0.15, -0.1) is 5.11 Å². The molecular weight excluding hydrogens is 310 g/mol. The molecule has 0 amide bonds. The van der Waals surface area contributed by atoms with Crippen LogP contribution < -0.4 is 15.2 Å². The molecule has 24 heavy (non-hydrogen) atoms. The fraction of sp³-hybridized carbons (Fsp3) is 0.176. The van der Waals surface area contributed by atoms with Crippen LogP contribution in [-0.4, -0.2) is 18.0 Å². The predicted molar refractivity (Wildman–Crippen MR) is 85.5 cm³/mol. The van der Waals surface area contributed by atoms with Crippen molar-refractivity contribution in [3.8, 4) is 11.5 Å². The van der Waals surface area contributed by atoms with Gasteiger partial charge in [0.05, 0.1) is 5.69 Å². The largest absolute Gasteiger partial charge is 0.422 e. The van der Waals surface area contributed by atoms with Crippen molar-refractivity contribution in [2.75, 3.05) is 0 Å². The van der Waals surface area contributed by atoms with Gasteiger partial charge < -0.3 is 15.2 Å². The Morgan fingerprint density at radius 3 is 2.54 bits per heavy atom. The Morgan fingerprint density at radius 2 is 1.75 bits per heavy atom. The lowest BCUT2D eigenvalue weighted by molar-refractivity contribution is -0.135. The predicted octanol–water partition coefficient (Wildman–Crippen LogP) is 3.03. The molecular formula is C17H15N3O4. The first-order valence-electron chi connectivity index (χ1n) is 7.41. The standard InChI is InChI=1S/C17H15N3O4/c18-12-9-10-15(21)23-14-8-4-7-13(16(14)24-17(12)22)20-19-11-5-2-1-3-6-11/h1-8,12H,9-10,18H2/t12-/m1/s1. The molecule has 0 fully saturated rings. The van der Waals surface area contributed by atoms with Crippen LogP contribution in [0.2, 0.25) is 0 Å². The summed E-state index contributed by atoms with van der Waals surface area (Å²) < 4.78 is 10.5. The number of nitrogens with two attached hydrogens (primary N) is 1. The van der Waals surface area contributed by atoms with E-state index in [-0.39, 0.29) is 30.0 Å². The van der Waals surface area contributed by atoms with Gasteiger partial charge in [0.1, 0.15) is 11.7 Å². The first kappa shape index (κ1) is 15.8. The van der Waals surface area contributed by atoms with Crippen molar-refractivity contribution in [2.45, 2.75) is 18.9 Å². The van der Waals surface area contributed by atoms with E-state index < -0.39 is 18.0 Å². The molecule has 2 aromatic rings. The van der Waals surface area contributed by atoms with Gasteiger partial charge in [-0.2, -0.15) is 5.11 Å². The molecule has 0 unspecified atom stereocenters. The Bertz CT molecular complexity index is 790. The highest BCUT2D eigenvalue weighted by molar-refractivity contribution is 5.84. The second-order valence-electron chi connectivity index (χ2n) is 5.18. The molecule has 0 bridgehead atoms. The maximum atomic E-state index is 12.0. The number of benzene rings is 2. The molecule has 1 aliphatic rings. The second kappa shape index (κ2) is 7.01. The van der Waals surface area contributed by atoms with Crippen molar-refractivity contribution in [3.05, 3.63) is 48.5 Å². The van der Waals surface area contributed by atoms with Gasteiger partial charge in [0.2, 0.25) is 5.75 Å². The summed E-state index contributed by atoms with van der Waals surface area (Å²) in [5, 5.41) is 8.18. The number of para-hydroxylation sites is 1. The van der Waals surface area contributed by atoms with Crippen LogP contribution in [0.25, 0.3) is 0 Å². The van der Waals surface area contributed by atoms with Crippen molar-refractivity contribution < 1.29 is 19.1 Å². The van der Waals surface area contributed by atoms with Gasteiger partial charge in [-0.25, -0.2) is 4.79 Å². The summed E-state index contributed by atoms with van der Waals surface area (Å²) in [4.78, 5) is 23.8. The number of carbonyl (C=O) groups is 2. The normalized spacial score (nSPS) is 18.1. The average molecular weight is 325 g/mol. The third-order valence-electron chi connectivity index (χ3n) is 3.38. The minimum Gasteiger partial charge on any atom is -0.422 e. The molecule has 0 spiro atoms. The van der Waals surface area contributed by atoms with Crippen LogP contribution in [0.15, 0.2) is 58.8 Å². The number of nitrogens with zero attached hydrogens (tertiary/aromatic N) is 2. The Hall–Kier alpha value is -3.06. The van der Waals surface area contributed by atoms with Crippen molar-refractivity contribution in [3.63, 3.8) is 0 Å². The van der Waals surface area contributed by atoms with E-state index in [4.69, 9.17) is 15.2 Å². The van der Waals surface area contributed by atoms with Gasteiger partial charge in [-0.3, -0.25) is 4.79 Å². The molecule has 1 atom stereocenters. The smallest absolute Gasteiger partial charge is 0.328 e. The van der Waals surface area contributed by atoms with Crippen molar-refractivity contribution in [2.24, 2.45) is 16.0 Å². The summed E-state index contributed by atoms with van der Waals surface area (Å²) in [5.41, 5.74) is 6.62. The van der Waals surface area contributed by atoms with E-state index in [1.54, 1.807) is 24.3 Å². The van der Waals surface area contributed by atoms with E-state index in [1.807, 2.05) is 18.2 Å². The molecule has 7 nitrogen and oxygen atoms in total. The molecule has 122 valence electrons. The molecule has 7 heteroatoms. The quantitative estimate of drug-likeness (QED) is 0.519. The lowest BCUT2D eigenvalue weighted by Gasteiger charge is -2.11. The lowest BCUT2D eigenvalue weighted by atomic mass is 10.2. The zero-order valence-electron chi connectivity index (χ0n) is 12.7. The molecule has 0 saturated heterocycles. The lowest BCUT2D eigenvalue weighted by Crippen LogP contribution is -2.34. The number of hydrogen-bond acceptors (Lipinski definition) is 7. The molecule has 1 aliphatic heterocycles. The molecule has 0 aromatic heterocycles. The minimum atomic E-state index is -0.900. The number of esters is 2. The van der Waals surface area contributed by atoms with Gasteiger partial charge >= 0.3 is 11.9 Å². The average Bonchev–Trinajstić information content (AvgIpc) is 2.65. The summed E-state index contributed by atoms with van der Waals surface area (Å²) >= 11 is 0. The summed E-state index contributed by atoms with van der Waals surface area (Å²) in [6.07, 6.45) is 0.192.